The van der Waals surface area contributed by atoms with Crippen molar-refractivity contribution in [3.8, 4) is 6.07 Å². The Kier molecular flexibility index (Phi) is 4.45. The van der Waals surface area contributed by atoms with E-state index >= 15 is 0 Å². The number of hydrogen-bond acceptors (Lipinski definition) is 5. The quantitative estimate of drug-likeness (QED) is 0.687. The number of hydrogen-bond donors (Lipinski definition) is 1. The fourth-order valence-corrected chi connectivity index (χ4v) is 3.64. The van der Waals surface area contributed by atoms with Gasteiger partial charge in [-0.2, -0.15) is 5.26 Å². The molecule has 1 aromatic heterocycles. The molecule has 3 rings (SSSR count). The number of nitrogens with zero attached hydrogens (tertiary/aromatic N) is 2. The number of pyridine rings is 1. The normalized spacial score (nSPS) is 12.9. The van der Waals surface area contributed by atoms with E-state index in [4.69, 9.17) is 0 Å². The molecule has 0 spiro atoms. The zero-order valence-electron chi connectivity index (χ0n) is 13.5. The number of carbonyl (C=O) groups is 1. The lowest BCUT2D eigenvalue weighted by Gasteiger charge is -2.24. The summed E-state index contributed by atoms with van der Waals surface area (Å²) in [5, 5.41) is 12.6. The van der Waals surface area contributed by atoms with E-state index in [1.807, 2.05) is 25.1 Å². The third kappa shape index (κ3) is 2.61. The molecule has 2 heterocycles. The summed E-state index contributed by atoms with van der Waals surface area (Å²) in [4.78, 5) is 26.1. The molecule has 2 aromatic rings. The van der Waals surface area contributed by atoms with Crippen LogP contribution in [-0.4, -0.2) is 23.2 Å². The van der Waals surface area contributed by atoms with E-state index in [-0.39, 0.29) is 16.9 Å². The van der Waals surface area contributed by atoms with Crippen LogP contribution in [0.2, 0.25) is 0 Å². The van der Waals surface area contributed by atoms with Gasteiger partial charge in [-0.05, 0) is 19.6 Å². The topological polar surface area (TPSA) is 74.9 Å². The zero-order chi connectivity index (χ0) is 17.3. The van der Waals surface area contributed by atoms with Gasteiger partial charge in [0.2, 0.25) is 0 Å². The predicted molar refractivity (Wildman–Crippen MR) is 94.9 cm³/mol. The number of aryl methyl sites for hydroxylation is 1. The SMILES string of the molecule is CSc1c(C(=O)c2ccc(C)cc2)c2n(c(=O)c1C#N)CCCN2. The van der Waals surface area contributed by atoms with Gasteiger partial charge in [-0.1, -0.05) is 29.8 Å². The lowest BCUT2D eigenvalue weighted by atomic mass is 10.00. The van der Waals surface area contributed by atoms with Gasteiger partial charge in [-0.3, -0.25) is 14.2 Å². The molecule has 0 atom stereocenters. The molecule has 0 bridgehead atoms. The van der Waals surface area contributed by atoms with E-state index in [0.717, 1.165) is 12.0 Å². The van der Waals surface area contributed by atoms with Crippen LogP contribution in [0.25, 0.3) is 0 Å². The highest BCUT2D eigenvalue weighted by Gasteiger charge is 2.27. The molecule has 0 saturated carbocycles. The Balaban J connectivity index is 2.30. The maximum absolute atomic E-state index is 13.1. The number of nitrogens with one attached hydrogen (secondary N) is 1. The Morgan fingerprint density at radius 1 is 1.33 bits per heavy atom. The second-order valence-electron chi connectivity index (χ2n) is 5.68. The molecule has 1 aliphatic heterocycles. The molecule has 0 aliphatic carbocycles. The predicted octanol–water partition coefficient (Wildman–Crippen LogP) is 2.80. The number of aromatic nitrogens is 1. The summed E-state index contributed by atoms with van der Waals surface area (Å²) >= 11 is 1.26. The maximum Gasteiger partial charge on any atom is 0.271 e. The summed E-state index contributed by atoms with van der Waals surface area (Å²) in [7, 11) is 0. The minimum absolute atomic E-state index is 0.0467. The number of benzene rings is 1. The maximum atomic E-state index is 13.1. The Morgan fingerprint density at radius 3 is 2.67 bits per heavy atom. The van der Waals surface area contributed by atoms with E-state index in [1.54, 1.807) is 18.4 Å². The number of anilines is 1. The molecule has 6 heteroatoms. The number of thioether (sulfide) groups is 1. The lowest BCUT2D eigenvalue weighted by Crippen LogP contribution is -2.33. The number of rotatable bonds is 3. The molecule has 122 valence electrons. The van der Waals surface area contributed by atoms with Crippen molar-refractivity contribution in [2.75, 3.05) is 18.1 Å². The first kappa shape index (κ1) is 16.3. The van der Waals surface area contributed by atoms with Crippen LogP contribution in [0.4, 0.5) is 5.82 Å². The van der Waals surface area contributed by atoms with Gasteiger partial charge in [0.25, 0.3) is 5.56 Å². The van der Waals surface area contributed by atoms with Crippen LogP contribution in [0.5, 0.6) is 0 Å². The fraction of sp³-hybridized carbons (Fsp3) is 0.278. The Labute approximate surface area is 144 Å². The largest absolute Gasteiger partial charge is 0.371 e. The smallest absolute Gasteiger partial charge is 0.271 e. The third-order valence-corrected chi connectivity index (χ3v) is 4.94. The molecule has 0 amide bonds. The number of nitriles is 1. The van der Waals surface area contributed by atoms with Crippen molar-refractivity contribution < 1.29 is 4.79 Å². The van der Waals surface area contributed by atoms with Gasteiger partial charge >= 0.3 is 0 Å². The Bertz CT molecular complexity index is 908. The Hall–Kier alpha value is -2.52. The molecule has 5 nitrogen and oxygen atoms in total. The fourth-order valence-electron chi connectivity index (χ4n) is 2.90. The van der Waals surface area contributed by atoms with Gasteiger partial charge in [0, 0.05) is 23.5 Å². The van der Waals surface area contributed by atoms with E-state index in [0.29, 0.717) is 34.9 Å². The highest BCUT2D eigenvalue weighted by molar-refractivity contribution is 7.98. The summed E-state index contributed by atoms with van der Waals surface area (Å²) in [6.07, 6.45) is 2.57. The number of ketones is 1. The molecule has 0 unspecified atom stereocenters. The van der Waals surface area contributed by atoms with Crippen LogP contribution in [0.1, 0.15) is 33.5 Å². The van der Waals surface area contributed by atoms with E-state index < -0.39 is 0 Å². The third-order valence-electron chi connectivity index (χ3n) is 4.13. The molecular formula is C18H17N3O2S. The molecule has 0 fully saturated rings. The second-order valence-corrected chi connectivity index (χ2v) is 6.49. The van der Waals surface area contributed by atoms with Crippen molar-refractivity contribution in [1.82, 2.24) is 4.57 Å². The van der Waals surface area contributed by atoms with Crippen LogP contribution < -0.4 is 10.9 Å². The van der Waals surface area contributed by atoms with Gasteiger partial charge in [0.1, 0.15) is 17.5 Å². The van der Waals surface area contributed by atoms with Crippen molar-refractivity contribution >= 4 is 23.4 Å². The molecule has 0 saturated heterocycles. The second kappa shape index (κ2) is 6.54. The monoisotopic (exact) mass is 339 g/mol. The van der Waals surface area contributed by atoms with Crippen molar-refractivity contribution in [3.63, 3.8) is 0 Å². The molecule has 24 heavy (non-hydrogen) atoms. The standard InChI is InChI=1S/C18H17N3O2S/c1-11-4-6-12(7-5-11)15(22)14-16(24-2)13(10-19)18(23)21-9-3-8-20-17(14)21/h4-7,20H,3,8-9H2,1-2H3. The minimum atomic E-state index is -0.329. The summed E-state index contributed by atoms with van der Waals surface area (Å²) in [5.74, 6) is 0.356. The van der Waals surface area contributed by atoms with Gasteiger partial charge < -0.3 is 5.32 Å². The highest BCUT2D eigenvalue weighted by Crippen LogP contribution is 2.32. The van der Waals surface area contributed by atoms with Gasteiger partial charge in [-0.15, -0.1) is 11.8 Å². The summed E-state index contributed by atoms with van der Waals surface area (Å²) in [6.45, 7) is 3.17. The van der Waals surface area contributed by atoms with E-state index in [9.17, 15) is 14.9 Å². The highest BCUT2D eigenvalue weighted by atomic mass is 32.2. The first-order valence-corrected chi connectivity index (χ1v) is 8.91. The summed E-state index contributed by atoms with van der Waals surface area (Å²) in [5.41, 5.74) is 1.75. The minimum Gasteiger partial charge on any atom is -0.371 e. The van der Waals surface area contributed by atoms with Crippen LogP contribution >= 0.6 is 11.8 Å². The number of carbonyl (C=O) groups excluding carboxylic acids is 1. The average molecular weight is 339 g/mol. The first-order valence-electron chi connectivity index (χ1n) is 7.68. The zero-order valence-corrected chi connectivity index (χ0v) is 14.4. The van der Waals surface area contributed by atoms with E-state index in [2.05, 4.69) is 5.32 Å². The molecule has 1 aromatic carbocycles. The van der Waals surface area contributed by atoms with Crippen LogP contribution in [-0.2, 0) is 6.54 Å². The number of fused-ring (bicyclic) bond motifs is 1. The van der Waals surface area contributed by atoms with Crippen LogP contribution in [0, 0.1) is 18.3 Å². The molecule has 1 aliphatic rings. The molecule has 1 N–H and O–H groups in total. The van der Waals surface area contributed by atoms with Crippen LogP contribution in [0.15, 0.2) is 34.0 Å². The summed E-state index contributed by atoms with van der Waals surface area (Å²) in [6, 6.07) is 9.30. The van der Waals surface area contributed by atoms with Crippen molar-refractivity contribution in [2.24, 2.45) is 0 Å². The van der Waals surface area contributed by atoms with Gasteiger partial charge in [0.05, 0.1) is 5.56 Å². The van der Waals surface area contributed by atoms with Crippen molar-refractivity contribution in [1.29, 1.82) is 5.26 Å². The first-order chi connectivity index (χ1) is 11.6. The van der Waals surface area contributed by atoms with Gasteiger partial charge in [-0.25, -0.2) is 0 Å². The van der Waals surface area contributed by atoms with Crippen LogP contribution in [0.3, 0.4) is 0 Å². The van der Waals surface area contributed by atoms with Crippen molar-refractivity contribution in [2.45, 2.75) is 24.8 Å². The van der Waals surface area contributed by atoms with E-state index in [1.165, 1.54) is 16.3 Å². The van der Waals surface area contributed by atoms with Crippen molar-refractivity contribution in [3.05, 3.63) is 56.9 Å². The molecule has 0 radical (unpaired) electrons. The summed E-state index contributed by atoms with van der Waals surface area (Å²) < 4.78 is 1.52. The molecular weight excluding hydrogens is 322 g/mol. The van der Waals surface area contributed by atoms with Gasteiger partial charge in [0.15, 0.2) is 5.78 Å². The average Bonchev–Trinajstić information content (AvgIpc) is 2.61. The lowest BCUT2D eigenvalue weighted by molar-refractivity contribution is 0.103. The Morgan fingerprint density at radius 2 is 2.04 bits per heavy atom.